The Morgan fingerprint density at radius 1 is 1.03 bits per heavy atom. The third-order valence-corrected chi connectivity index (χ3v) is 6.09. The number of esters is 1. The van der Waals surface area contributed by atoms with E-state index in [1.165, 1.54) is 0 Å². The van der Waals surface area contributed by atoms with E-state index >= 15 is 4.39 Å². The summed E-state index contributed by atoms with van der Waals surface area (Å²) in [6, 6.07) is 18.8. The topological polar surface area (TPSA) is 61.5 Å². The second kappa shape index (κ2) is 9.94. The minimum absolute atomic E-state index is 0.145. The highest BCUT2D eigenvalue weighted by Crippen LogP contribution is 2.36. The maximum atomic E-state index is 15.1. The minimum Gasteiger partial charge on any atom is -0.489 e. The normalized spacial score (nSPS) is 11.0. The van der Waals surface area contributed by atoms with Gasteiger partial charge >= 0.3 is 5.97 Å². The number of fused-ring (bicyclic) bond motifs is 1. The fourth-order valence-electron chi connectivity index (χ4n) is 3.70. The van der Waals surface area contributed by atoms with E-state index in [2.05, 4.69) is 6.07 Å². The van der Waals surface area contributed by atoms with Crippen molar-refractivity contribution in [2.75, 3.05) is 6.61 Å². The molecule has 164 valence electrons. The molecule has 0 aliphatic carbocycles. The number of nitrogens with two attached hydrogens (primary N) is 1. The van der Waals surface area contributed by atoms with Crippen LogP contribution in [0.15, 0.2) is 66.0 Å². The maximum Gasteiger partial charge on any atom is 0.310 e. The summed E-state index contributed by atoms with van der Waals surface area (Å²) in [6.45, 7) is 2.56. The van der Waals surface area contributed by atoms with Gasteiger partial charge < -0.3 is 15.2 Å². The van der Waals surface area contributed by atoms with Crippen LogP contribution in [0.25, 0.3) is 21.2 Å². The molecule has 1 aromatic heterocycles. The number of ether oxygens (including phenoxy) is 2. The average Bonchev–Trinajstić information content (AvgIpc) is 3.27. The Hall–Kier alpha value is -3.22. The van der Waals surface area contributed by atoms with Crippen LogP contribution in [0.2, 0.25) is 0 Å². The Labute approximate surface area is 190 Å². The van der Waals surface area contributed by atoms with Crippen molar-refractivity contribution in [1.82, 2.24) is 0 Å². The number of carbonyl (C=O) groups is 1. The van der Waals surface area contributed by atoms with Crippen molar-refractivity contribution in [3.8, 4) is 16.9 Å². The summed E-state index contributed by atoms with van der Waals surface area (Å²) >= 11 is 1.60. The summed E-state index contributed by atoms with van der Waals surface area (Å²) in [5.74, 6) is 0.0474. The Balaban J connectivity index is 1.65. The zero-order valence-corrected chi connectivity index (χ0v) is 18.6. The highest BCUT2D eigenvalue weighted by atomic mass is 32.1. The first-order valence-corrected chi connectivity index (χ1v) is 11.3. The Morgan fingerprint density at radius 3 is 2.66 bits per heavy atom. The van der Waals surface area contributed by atoms with Crippen LogP contribution in [0.5, 0.6) is 5.75 Å². The van der Waals surface area contributed by atoms with Crippen LogP contribution in [0, 0.1) is 5.82 Å². The summed E-state index contributed by atoms with van der Waals surface area (Å²) in [7, 11) is 0. The second-order valence-electron chi connectivity index (χ2n) is 7.34. The van der Waals surface area contributed by atoms with Gasteiger partial charge in [-0.25, -0.2) is 4.39 Å². The average molecular weight is 450 g/mol. The summed E-state index contributed by atoms with van der Waals surface area (Å²) in [5, 5.41) is 2.99. The lowest BCUT2D eigenvalue weighted by molar-refractivity contribution is -0.142. The largest absolute Gasteiger partial charge is 0.489 e. The lowest BCUT2D eigenvalue weighted by Crippen LogP contribution is -2.09. The van der Waals surface area contributed by atoms with Crippen molar-refractivity contribution in [1.29, 1.82) is 0 Å². The van der Waals surface area contributed by atoms with E-state index in [0.29, 0.717) is 30.1 Å². The van der Waals surface area contributed by atoms with Crippen molar-refractivity contribution in [2.24, 2.45) is 5.73 Å². The van der Waals surface area contributed by atoms with Gasteiger partial charge in [0.1, 0.15) is 18.2 Å². The fraction of sp³-hybridized carbons (Fsp3) is 0.192. The van der Waals surface area contributed by atoms with E-state index in [0.717, 1.165) is 26.8 Å². The molecule has 2 N–H and O–H groups in total. The van der Waals surface area contributed by atoms with Gasteiger partial charge in [0.05, 0.1) is 13.0 Å². The van der Waals surface area contributed by atoms with Crippen LogP contribution in [0.3, 0.4) is 0 Å². The first-order chi connectivity index (χ1) is 15.6. The second-order valence-corrected chi connectivity index (χ2v) is 8.28. The minimum atomic E-state index is -0.291. The number of halogens is 1. The van der Waals surface area contributed by atoms with Gasteiger partial charge in [-0.2, -0.15) is 0 Å². The maximum absolute atomic E-state index is 15.1. The van der Waals surface area contributed by atoms with Crippen LogP contribution in [0.4, 0.5) is 4.39 Å². The van der Waals surface area contributed by atoms with Crippen molar-refractivity contribution in [3.63, 3.8) is 0 Å². The number of carbonyl (C=O) groups excluding carboxylic acids is 1. The Morgan fingerprint density at radius 2 is 1.84 bits per heavy atom. The van der Waals surface area contributed by atoms with Gasteiger partial charge in [0.2, 0.25) is 0 Å². The molecule has 0 bridgehead atoms. The SMILES string of the molecule is CCOC(=O)Cc1ccccc1OCc1cc(-c2cccc(CN)c2F)c2ccsc2c1. The number of thiophene rings is 1. The first kappa shape index (κ1) is 22.0. The first-order valence-electron chi connectivity index (χ1n) is 10.4. The van der Waals surface area contributed by atoms with E-state index in [1.807, 2.05) is 47.8 Å². The standard InChI is InChI=1S/C26H24FNO3S/c1-2-30-25(29)14-18-6-3-4-9-23(18)31-16-17-12-22(20-10-11-32-24(20)13-17)21-8-5-7-19(15-28)26(21)27/h3-13H,2,14-16,28H2,1H3. The smallest absolute Gasteiger partial charge is 0.310 e. The molecule has 0 radical (unpaired) electrons. The molecule has 0 unspecified atom stereocenters. The Bertz CT molecular complexity index is 1250. The zero-order valence-electron chi connectivity index (χ0n) is 17.8. The van der Waals surface area contributed by atoms with Gasteiger partial charge in [0.25, 0.3) is 0 Å². The number of para-hydroxylation sites is 1. The van der Waals surface area contributed by atoms with Crippen molar-refractivity contribution >= 4 is 27.4 Å². The van der Waals surface area contributed by atoms with Gasteiger partial charge in [-0.3, -0.25) is 4.79 Å². The van der Waals surface area contributed by atoms with Gasteiger partial charge in [-0.05, 0) is 47.7 Å². The van der Waals surface area contributed by atoms with Crippen LogP contribution >= 0.6 is 11.3 Å². The van der Waals surface area contributed by atoms with Gasteiger partial charge in [-0.1, -0.05) is 36.4 Å². The molecule has 4 aromatic rings. The molecule has 0 spiro atoms. The molecule has 0 saturated heterocycles. The van der Waals surface area contributed by atoms with Gasteiger partial charge in [0, 0.05) is 33.3 Å². The molecule has 32 heavy (non-hydrogen) atoms. The molecule has 0 aliphatic rings. The highest BCUT2D eigenvalue weighted by molar-refractivity contribution is 7.17. The number of rotatable bonds is 8. The molecule has 0 amide bonds. The van der Waals surface area contributed by atoms with Crippen molar-refractivity contribution in [2.45, 2.75) is 26.5 Å². The predicted octanol–water partition coefficient (Wildman–Crippen LogP) is 5.85. The number of hydrogen-bond acceptors (Lipinski definition) is 5. The third kappa shape index (κ3) is 4.66. The fourth-order valence-corrected chi connectivity index (χ4v) is 4.57. The quantitative estimate of drug-likeness (QED) is 0.343. The van der Waals surface area contributed by atoms with E-state index in [9.17, 15) is 4.79 Å². The van der Waals surface area contributed by atoms with Gasteiger partial charge in [0.15, 0.2) is 0 Å². The zero-order chi connectivity index (χ0) is 22.5. The number of hydrogen-bond donors (Lipinski definition) is 1. The molecule has 0 atom stereocenters. The molecule has 4 rings (SSSR count). The monoisotopic (exact) mass is 449 g/mol. The predicted molar refractivity (Wildman–Crippen MR) is 126 cm³/mol. The van der Waals surface area contributed by atoms with E-state index in [4.69, 9.17) is 15.2 Å². The third-order valence-electron chi connectivity index (χ3n) is 5.23. The van der Waals surface area contributed by atoms with E-state index in [1.54, 1.807) is 30.4 Å². The molecule has 3 aromatic carbocycles. The van der Waals surface area contributed by atoms with Gasteiger partial charge in [-0.15, -0.1) is 11.3 Å². The molecule has 0 aliphatic heterocycles. The lowest BCUT2D eigenvalue weighted by atomic mass is 9.97. The van der Waals surface area contributed by atoms with Crippen LogP contribution in [-0.4, -0.2) is 12.6 Å². The van der Waals surface area contributed by atoms with E-state index < -0.39 is 0 Å². The molecule has 1 heterocycles. The van der Waals surface area contributed by atoms with Crippen LogP contribution in [-0.2, 0) is 29.1 Å². The van der Waals surface area contributed by atoms with Crippen LogP contribution < -0.4 is 10.5 Å². The molecule has 0 saturated carbocycles. The highest BCUT2D eigenvalue weighted by Gasteiger charge is 2.15. The molecule has 4 nitrogen and oxygen atoms in total. The van der Waals surface area contributed by atoms with Crippen LogP contribution in [0.1, 0.15) is 23.6 Å². The lowest BCUT2D eigenvalue weighted by Gasteiger charge is -2.14. The summed E-state index contributed by atoms with van der Waals surface area (Å²) in [5.41, 5.74) is 9.22. The molecular formula is C26H24FNO3S. The Kier molecular flexibility index (Phi) is 6.83. The summed E-state index contributed by atoms with van der Waals surface area (Å²) < 4.78 is 27.3. The van der Waals surface area contributed by atoms with E-state index in [-0.39, 0.29) is 24.8 Å². The number of benzene rings is 3. The van der Waals surface area contributed by atoms with Crippen molar-refractivity contribution in [3.05, 3.63) is 88.6 Å². The molecule has 6 heteroatoms. The van der Waals surface area contributed by atoms with Crippen molar-refractivity contribution < 1.29 is 18.7 Å². The summed E-state index contributed by atoms with van der Waals surface area (Å²) in [6.07, 6.45) is 0.149. The molecule has 0 fully saturated rings. The summed E-state index contributed by atoms with van der Waals surface area (Å²) in [4.78, 5) is 11.9. The molecular weight excluding hydrogens is 425 g/mol.